The van der Waals surface area contributed by atoms with Gasteiger partial charge >= 0.3 is 0 Å². The first-order chi connectivity index (χ1) is 11.2. The minimum Gasteiger partial charge on any atom is -0.438 e. The summed E-state index contributed by atoms with van der Waals surface area (Å²) in [6.07, 6.45) is 4.48. The molecule has 1 aromatic rings. The molecule has 128 valence electrons. The van der Waals surface area contributed by atoms with Crippen LogP contribution in [0.15, 0.2) is 10.8 Å². The lowest BCUT2D eigenvalue weighted by Gasteiger charge is -2.38. The predicted molar refractivity (Wildman–Crippen MR) is 83.1 cm³/mol. The van der Waals surface area contributed by atoms with E-state index in [0.29, 0.717) is 18.9 Å². The molecule has 2 N–H and O–H groups in total. The Hall–Kier alpha value is -1.44. The molecule has 1 aliphatic heterocycles. The molecule has 1 amide bonds. The molecule has 2 fully saturated rings. The number of nitrogens with one attached hydrogen (secondary N) is 1. The van der Waals surface area contributed by atoms with Crippen molar-refractivity contribution in [3.8, 4) is 0 Å². The van der Waals surface area contributed by atoms with Gasteiger partial charge in [0.05, 0.1) is 31.1 Å². The van der Waals surface area contributed by atoms with Crippen LogP contribution in [0, 0.1) is 6.92 Å². The van der Waals surface area contributed by atoms with Crippen LogP contribution in [0.4, 0.5) is 0 Å². The second-order valence-electron chi connectivity index (χ2n) is 6.34. The van der Waals surface area contributed by atoms with E-state index < -0.39 is 6.10 Å². The van der Waals surface area contributed by atoms with Crippen LogP contribution in [-0.4, -0.2) is 65.4 Å². The van der Waals surface area contributed by atoms with E-state index in [4.69, 9.17) is 9.15 Å². The van der Waals surface area contributed by atoms with Crippen LogP contribution in [-0.2, 0) is 4.74 Å². The van der Waals surface area contributed by atoms with E-state index in [-0.39, 0.29) is 23.8 Å². The first-order valence-corrected chi connectivity index (χ1v) is 8.37. The predicted octanol–water partition coefficient (Wildman–Crippen LogP) is 0.717. The minimum absolute atomic E-state index is 0.0718. The van der Waals surface area contributed by atoms with Crippen molar-refractivity contribution in [3.63, 3.8) is 0 Å². The van der Waals surface area contributed by atoms with Crippen molar-refractivity contribution in [1.82, 2.24) is 15.2 Å². The van der Waals surface area contributed by atoms with Crippen LogP contribution in [0.25, 0.3) is 0 Å². The summed E-state index contributed by atoms with van der Waals surface area (Å²) in [6.45, 7) is 4.82. The average Bonchev–Trinajstić information content (AvgIpc) is 2.91. The highest BCUT2D eigenvalue weighted by Crippen LogP contribution is 2.24. The summed E-state index contributed by atoms with van der Waals surface area (Å²) in [5.41, 5.74) is 0.565. The van der Waals surface area contributed by atoms with Gasteiger partial charge in [0, 0.05) is 19.1 Å². The molecular weight excluding hydrogens is 298 g/mol. The van der Waals surface area contributed by atoms with Gasteiger partial charge in [-0.15, -0.1) is 0 Å². The summed E-state index contributed by atoms with van der Waals surface area (Å²) in [5.74, 6) is -0.0731. The summed E-state index contributed by atoms with van der Waals surface area (Å²) in [6, 6.07) is -0.190. The highest BCUT2D eigenvalue weighted by molar-refractivity contribution is 5.92. The second kappa shape index (κ2) is 7.42. The molecule has 0 spiro atoms. The van der Waals surface area contributed by atoms with Gasteiger partial charge in [0.15, 0.2) is 6.39 Å². The minimum atomic E-state index is -0.581. The SMILES string of the molecule is Cc1ncoc1C(=O)N[C@@H]1CCCC[C@@H](N2CCOCC2)[C@@H]1O. The van der Waals surface area contributed by atoms with Gasteiger partial charge in [0.25, 0.3) is 5.91 Å². The lowest BCUT2D eigenvalue weighted by molar-refractivity contribution is -0.0308. The molecule has 1 saturated carbocycles. The number of aryl methyl sites for hydroxylation is 1. The fourth-order valence-corrected chi connectivity index (χ4v) is 3.55. The van der Waals surface area contributed by atoms with Crippen LogP contribution in [0.1, 0.15) is 41.9 Å². The zero-order valence-electron chi connectivity index (χ0n) is 13.5. The van der Waals surface area contributed by atoms with Crippen molar-refractivity contribution in [1.29, 1.82) is 0 Å². The van der Waals surface area contributed by atoms with Crippen molar-refractivity contribution in [2.24, 2.45) is 0 Å². The average molecular weight is 323 g/mol. The number of carbonyl (C=O) groups is 1. The Morgan fingerprint density at radius 2 is 2.09 bits per heavy atom. The molecule has 23 heavy (non-hydrogen) atoms. The highest BCUT2D eigenvalue weighted by Gasteiger charge is 2.35. The standard InChI is InChI=1S/C16H25N3O4/c1-11-15(23-10-17-11)16(21)18-12-4-2-3-5-13(14(12)20)19-6-8-22-9-7-19/h10,12-14,20H,2-9H2,1H3,(H,18,21)/t12-,13-,14-/m1/s1. The molecule has 7 heteroatoms. The Bertz CT molecular complexity index is 527. The van der Waals surface area contributed by atoms with Gasteiger partial charge < -0.3 is 19.6 Å². The number of carbonyl (C=O) groups excluding carboxylic acids is 1. The molecule has 0 radical (unpaired) electrons. The van der Waals surface area contributed by atoms with Crippen LogP contribution in [0.5, 0.6) is 0 Å². The Balaban J connectivity index is 1.67. The fourth-order valence-electron chi connectivity index (χ4n) is 3.55. The first kappa shape index (κ1) is 16.4. The third kappa shape index (κ3) is 3.73. The van der Waals surface area contributed by atoms with Gasteiger partial charge in [0.1, 0.15) is 0 Å². The molecule has 7 nitrogen and oxygen atoms in total. The molecule has 3 atom stereocenters. The van der Waals surface area contributed by atoms with Crippen LogP contribution in [0.2, 0.25) is 0 Å². The topological polar surface area (TPSA) is 87.8 Å². The Labute approximate surface area is 136 Å². The molecule has 1 aliphatic carbocycles. The van der Waals surface area contributed by atoms with Crippen molar-refractivity contribution >= 4 is 5.91 Å². The molecule has 2 heterocycles. The van der Waals surface area contributed by atoms with E-state index in [0.717, 1.165) is 38.8 Å². The van der Waals surface area contributed by atoms with Crippen LogP contribution >= 0.6 is 0 Å². The summed E-state index contributed by atoms with van der Waals surface area (Å²) >= 11 is 0. The molecule has 2 aliphatic rings. The van der Waals surface area contributed by atoms with Crippen LogP contribution in [0.3, 0.4) is 0 Å². The van der Waals surface area contributed by atoms with Gasteiger partial charge in [-0.05, 0) is 19.8 Å². The third-order valence-corrected chi connectivity index (χ3v) is 4.85. The Morgan fingerprint density at radius 1 is 1.35 bits per heavy atom. The highest BCUT2D eigenvalue weighted by atomic mass is 16.5. The molecule has 1 saturated heterocycles. The zero-order valence-corrected chi connectivity index (χ0v) is 13.5. The van der Waals surface area contributed by atoms with Crippen molar-refractivity contribution in [2.45, 2.75) is 50.8 Å². The summed E-state index contributed by atoms with van der Waals surface area (Å²) < 4.78 is 10.5. The smallest absolute Gasteiger partial charge is 0.289 e. The number of aliphatic hydroxyl groups is 1. The van der Waals surface area contributed by atoms with E-state index in [1.807, 2.05) is 0 Å². The van der Waals surface area contributed by atoms with Gasteiger partial charge in [0.2, 0.25) is 5.76 Å². The summed E-state index contributed by atoms with van der Waals surface area (Å²) in [7, 11) is 0. The molecule has 3 rings (SSSR count). The van der Waals surface area contributed by atoms with E-state index in [1.54, 1.807) is 6.92 Å². The molecule has 1 aromatic heterocycles. The number of amides is 1. The second-order valence-corrected chi connectivity index (χ2v) is 6.34. The Kier molecular flexibility index (Phi) is 5.30. The molecule has 0 bridgehead atoms. The summed E-state index contributed by atoms with van der Waals surface area (Å²) in [4.78, 5) is 18.6. The largest absolute Gasteiger partial charge is 0.438 e. The van der Waals surface area contributed by atoms with E-state index in [2.05, 4.69) is 15.2 Å². The number of rotatable bonds is 3. The van der Waals surface area contributed by atoms with Gasteiger partial charge in [-0.1, -0.05) is 12.8 Å². The number of morpholine rings is 1. The number of hydrogen-bond donors (Lipinski definition) is 2. The lowest BCUT2D eigenvalue weighted by atomic mass is 9.99. The maximum Gasteiger partial charge on any atom is 0.289 e. The number of oxazole rings is 1. The maximum atomic E-state index is 12.3. The zero-order chi connectivity index (χ0) is 16.2. The molecular formula is C16H25N3O4. The number of ether oxygens (including phenoxy) is 1. The van der Waals surface area contributed by atoms with Crippen molar-refractivity contribution in [3.05, 3.63) is 17.8 Å². The van der Waals surface area contributed by atoms with E-state index in [9.17, 15) is 9.90 Å². The quantitative estimate of drug-likeness (QED) is 0.797. The maximum absolute atomic E-state index is 12.3. The van der Waals surface area contributed by atoms with E-state index >= 15 is 0 Å². The number of nitrogens with zero attached hydrogens (tertiary/aromatic N) is 2. The van der Waals surface area contributed by atoms with Crippen molar-refractivity contribution in [2.75, 3.05) is 26.3 Å². The first-order valence-electron chi connectivity index (χ1n) is 8.37. The number of aromatic nitrogens is 1. The normalized spacial score (nSPS) is 29.9. The number of hydrogen-bond acceptors (Lipinski definition) is 6. The van der Waals surface area contributed by atoms with Crippen LogP contribution < -0.4 is 5.32 Å². The lowest BCUT2D eigenvalue weighted by Crippen LogP contribution is -2.55. The third-order valence-electron chi connectivity index (χ3n) is 4.85. The Morgan fingerprint density at radius 3 is 2.78 bits per heavy atom. The van der Waals surface area contributed by atoms with Gasteiger partial charge in [-0.3, -0.25) is 9.69 Å². The van der Waals surface area contributed by atoms with E-state index in [1.165, 1.54) is 6.39 Å². The molecule has 0 unspecified atom stereocenters. The summed E-state index contributed by atoms with van der Waals surface area (Å²) in [5, 5.41) is 13.8. The van der Waals surface area contributed by atoms with Crippen molar-refractivity contribution < 1.29 is 19.1 Å². The monoisotopic (exact) mass is 323 g/mol. The van der Waals surface area contributed by atoms with Gasteiger partial charge in [-0.25, -0.2) is 4.98 Å². The fraction of sp³-hybridized carbons (Fsp3) is 0.750. The molecule has 0 aromatic carbocycles. The number of aliphatic hydroxyl groups excluding tert-OH is 1. The van der Waals surface area contributed by atoms with Gasteiger partial charge in [-0.2, -0.15) is 0 Å².